The van der Waals surface area contributed by atoms with Crippen molar-refractivity contribution in [3.63, 3.8) is 0 Å². The van der Waals surface area contributed by atoms with Gasteiger partial charge in [0.05, 0.1) is 0 Å². The summed E-state index contributed by atoms with van der Waals surface area (Å²) in [6, 6.07) is 7.45. The number of rotatable bonds is 5. The highest BCUT2D eigenvalue weighted by molar-refractivity contribution is 6.30. The Labute approximate surface area is 134 Å². The Kier molecular flexibility index (Phi) is 6.38. The minimum atomic E-state index is 0.497. The number of nitrogens with zero attached hydrogens (tertiary/aromatic N) is 1. The molecule has 0 bridgehead atoms. The van der Waals surface area contributed by atoms with Gasteiger partial charge in [-0.3, -0.25) is 0 Å². The van der Waals surface area contributed by atoms with Crippen molar-refractivity contribution in [2.24, 2.45) is 0 Å². The van der Waals surface area contributed by atoms with Crippen molar-refractivity contribution in [1.82, 2.24) is 5.32 Å². The van der Waals surface area contributed by atoms with Gasteiger partial charge in [0.1, 0.15) is 0 Å². The normalized spacial score (nSPS) is 17.0. The van der Waals surface area contributed by atoms with E-state index in [1.807, 2.05) is 6.07 Å². The van der Waals surface area contributed by atoms with Gasteiger partial charge in [-0.2, -0.15) is 0 Å². The maximum Gasteiger partial charge on any atom is 0.0426 e. The lowest BCUT2D eigenvalue weighted by Gasteiger charge is -2.31. The quantitative estimate of drug-likeness (QED) is 0.770. The van der Waals surface area contributed by atoms with E-state index in [4.69, 9.17) is 11.6 Å². The molecule has 0 saturated heterocycles. The molecule has 1 aromatic rings. The fourth-order valence-electron chi connectivity index (χ4n) is 3.17. The van der Waals surface area contributed by atoms with Crippen LogP contribution in [0.5, 0.6) is 0 Å². The first-order chi connectivity index (χ1) is 10.1. The van der Waals surface area contributed by atoms with Gasteiger partial charge in [0.15, 0.2) is 0 Å². The van der Waals surface area contributed by atoms with Crippen LogP contribution in [0.3, 0.4) is 0 Å². The molecule has 1 aliphatic carbocycles. The van der Waals surface area contributed by atoms with E-state index in [-0.39, 0.29) is 0 Å². The van der Waals surface area contributed by atoms with Crippen molar-refractivity contribution in [2.45, 2.75) is 71.0 Å². The van der Waals surface area contributed by atoms with Gasteiger partial charge in [-0.25, -0.2) is 0 Å². The maximum absolute atomic E-state index is 6.25. The number of hydrogen-bond donors (Lipinski definition) is 1. The molecule has 0 radical (unpaired) electrons. The fraction of sp³-hybridized carbons (Fsp3) is 0.667. The van der Waals surface area contributed by atoms with Crippen LogP contribution in [0.4, 0.5) is 5.69 Å². The molecule has 1 saturated carbocycles. The number of halogens is 1. The second-order valence-corrected chi connectivity index (χ2v) is 7.00. The van der Waals surface area contributed by atoms with Crippen molar-refractivity contribution in [2.75, 3.05) is 11.9 Å². The Morgan fingerprint density at radius 3 is 2.48 bits per heavy atom. The van der Waals surface area contributed by atoms with Crippen LogP contribution in [0, 0.1) is 0 Å². The van der Waals surface area contributed by atoms with Crippen LogP contribution in [0.25, 0.3) is 0 Å². The summed E-state index contributed by atoms with van der Waals surface area (Å²) in [5.74, 6) is 0. The van der Waals surface area contributed by atoms with Crippen LogP contribution in [0.2, 0.25) is 5.02 Å². The van der Waals surface area contributed by atoms with E-state index in [9.17, 15) is 0 Å². The van der Waals surface area contributed by atoms with Crippen molar-refractivity contribution < 1.29 is 0 Å². The fourth-order valence-corrected chi connectivity index (χ4v) is 3.34. The van der Waals surface area contributed by atoms with Crippen LogP contribution >= 0.6 is 11.6 Å². The summed E-state index contributed by atoms with van der Waals surface area (Å²) in [5.41, 5.74) is 2.64. The van der Waals surface area contributed by atoms with Crippen LogP contribution in [0.15, 0.2) is 18.2 Å². The average Bonchev–Trinajstić information content (AvgIpc) is 2.74. The van der Waals surface area contributed by atoms with Gasteiger partial charge in [-0.05, 0) is 30.5 Å². The molecule has 2 rings (SSSR count). The minimum Gasteiger partial charge on any atom is -0.371 e. The Bertz CT molecular complexity index is 437. The number of anilines is 1. The minimum absolute atomic E-state index is 0.497. The van der Waals surface area contributed by atoms with E-state index in [1.165, 1.54) is 49.8 Å². The number of hydrogen-bond acceptors (Lipinski definition) is 2. The van der Waals surface area contributed by atoms with Gasteiger partial charge >= 0.3 is 0 Å². The third kappa shape index (κ3) is 4.89. The standard InChI is InChI=1S/C18H29ClN2/c1-14(2)20-13-15-10-11-16(19)12-18(15)21(3)17-8-6-4-5-7-9-17/h10-12,14,17,20H,4-9,13H2,1-3H3. The largest absolute Gasteiger partial charge is 0.371 e. The van der Waals surface area contributed by atoms with E-state index in [1.54, 1.807) is 0 Å². The predicted molar refractivity (Wildman–Crippen MR) is 93.3 cm³/mol. The van der Waals surface area contributed by atoms with E-state index in [0.717, 1.165) is 11.6 Å². The zero-order valence-electron chi connectivity index (χ0n) is 13.7. The van der Waals surface area contributed by atoms with Gasteiger partial charge in [-0.15, -0.1) is 0 Å². The van der Waals surface area contributed by atoms with Crippen LogP contribution < -0.4 is 10.2 Å². The zero-order valence-corrected chi connectivity index (χ0v) is 14.4. The molecule has 0 unspecified atom stereocenters. The molecule has 21 heavy (non-hydrogen) atoms. The summed E-state index contributed by atoms with van der Waals surface area (Å²) in [4.78, 5) is 2.47. The van der Waals surface area contributed by atoms with Gasteiger partial charge in [-0.1, -0.05) is 57.2 Å². The first-order valence-electron chi connectivity index (χ1n) is 8.32. The molecule has 0 aromatic heterocycles. The van der Waals surface area contributed by atoms with Crippen LogP contribution in [-0.4, -0.2) is 19.1 Å². The highest BCUT2D eigenvalue weighted by atomic mass is 35.5. The summed E-state index contributed by atoms with van der Waals surface area (Å²) in [6.07, 6.45) is 8.10. The highest BCUT2D eigenvalue weighted by Gasteiger charge is 2.19. The van der Waals surface area contributed by atoms with Gasteiger partial charge in [0.25, 0.3) is 0 Å². The molecule has 1 fully saturated rings. The third-order valence-corrected chi connectivity index (χ3v) is 4.74. The van der Waals surface area contributed by atoms with Gasteiger partial charge < -0.3 is 10.2 Å². The Morgan fingerprint density at radius 1 is 1.19 bits per heavy atom. The molecule has 0 spiro atoms. The summed E-state index contributed by atoms with van der Waals surface area (Å²) < 4.78 is 0. The van der Waals surface area contributed by atoms with E-state index in [2.05, 4.69) is 43.2 Å². The van der Waals surface area contributed by atoms with Gasteiger partial charge in [0, 0.05) is 36.4 Å². The molecule has 0 amide bonds. The number of benzene rings is 1. The Balaban J connectivity index is 2.16. The third-order valence-electron chi connectivity index (χ3n) is 4.50. The molecule has 118 valence electrons. The monoisotopic (exact) mass is 308 g/mol. The number of nitrogens with one attached hydrogen (secondary N) is 1. The van der Waals surface area contributed by atoms with E-state index in [0.29, 0.717) is 12.1 Å². The highest BCUT2D eigenvalue weighted by Crippen LogP contribution is 2.30. The average molecular weight is 309 g/mol. The maximum atomic E-state index is 6.25. The summed E-state index contributed by atoms with van der Waals surface area (Å²) >= 11 is 6.25. The van der Waals surface area contributed by atoms with Gasteiger partial charge in [0.2, 0.25) is 0 Å². The molecular weight excluding hydrogens is 280 g/mol. The molecular formula is C18H29ClN2. The second-order valence-electron chi connectivity index (χ2n) is 6.56. The van der Waals surface area contributed by atoms with Crippen molar-refractivity contribution >= 4 is 17.3 Å². The predicted octanol–water partition coefficient (Wildman–Crippen LogP) is 5.00. The molecule has 1 aromatic carbocycles. The lowest BCUT2D eigenvalue weighted by Crippen LogP contribution is -2.32. The molecule has 2 nitrogen and oxygen atoms in total. The Hall–Kier alpha value is -0.730. The first-order valence-corrected chi connectivity index (χ1v) is 8.70. The van der Waals surface area contributed by atoms with E-state index >= 15 is 0 Å². The molecule has 0 aliphatic heterocycles. The zero-order chi connectivity index (χ0) is 15.2. The van der Waals surface area contributed by atoms with Crippen molar-refractivity contribution in [1.29, 1.82) is 0 Å². The summed E-state index contributed by atoms with van der Waals surface area (Å²) in [5, 5.41) is 4.35. The molecule has 1 aliphatic rings. The summed E-state index contributed by atoms with van der Waals surface area (Å²) in [6.45, 7) is 5.27. The lowest BCUT2D eigenvalue weighted by molar-refractivity contribution is 0.547. The molecule has 1 N–H and O–H groups in total. The van der Waals surface area contributed by atoms with Crippen LogP contribution in [0.1, 0.15) is 57.9 Å². The lowest BCUT2D eigenvalue weighted by atomic mass is 10.0. The van der Waals surface area contributed by atoms with Crippen molar-refractivity contribution in [3.05, 3.63) is 28.8 Å². The topological polar surface area (TPSA) is 15.3 Å². The molecule has 3 heteroatoms. The van der Waals surface area contributed by atoms with E-state index < -0.39 is 0 Å². The molecule has 0 atom stereocenters. The SMILES string of the molecule is CC(C)NCc1ccc(Cl)cc1N(C)C1CCCCCC1. The Morgan fingerprint density at radius 2 is 1.86 bits per heavy atom. The van der Waals surface area contributed by atoms with Crippen molar-refractivity contribution in [3.8, 4) is 0 Å². The summed E-state index contributed by atoms with van der Waals surface area (Å²) in [7, 11) is 2.24. The second kappa shape index (κ2) is 8.05. The van der Waals surface area contributed by atoms with Crippen LogP contribution in [-0.2, 0) is 6.54 Å². The molecule has 0 heterocycles. The smallest absolute Gasteiger partial charge is 0.0426 e. The first kappa shape index (κ1) is 16.6.